The number of rotatable bonds is 5. The van der Waals surface area contributed by atoms with Gasteiger partial charge in [-0.1, -0.05) is 18.2 Å². The van der Waals surface area contributed by atoms with Crippen molar-refractivity contribution in [3.05, 3.63) is 60.2 Å². The summed E-state index contributed by atoms with van der Waals surface area (Å²) < 4.78 is 0. The van der Waals surface area contributed by atoms with E-state index in [-0.39, 0.29) is 5.91 Å². The van der Waals surface area contributed by atoms with Crippen LogP contribution < -0.4 is 16.0 Å². The number of nitrogens with two attached hydrogens (primary N) is 1. The Morgan fingerprint density at radius 2 is 1.62 bits per heavy atom. The summed E-state index contributed by atoms with van der Waals surface area (Å²) in [5.74, 6) is -0.0436. The first-order chi connectivity index (χ1) is 11.7. The average Bonchev–Trinajstić information content (AvgIpc) is 2.63. The van der Waals surface area contributed by atoms with Crippen LogP contribution in [0, 0.1) is 0 Å². The van der Waals surface area contributed by atoms with Crippen LogP contribution in [0.1, 0.15) is 10.4 Å². The molecule has 2 aromatic carbocycles. The second-order valence-electron chi connectivity index (χ2n) is 6.04. The van der Waals surface area contributed by atoms with Gasteiger partial charge in [0.1, 0.15) is 0 Å². The summed E-state index contributed by atoms with van der Waals surface area (Å²) >= 11 is 0. The van der Waals surface area contributed by atoms with E-state index in [0.717, 1.165) is 32.7 Å². The summed E-state index contributed by atoms with van der Waals surface area (Å²) in [5, 5.41) is 2.97. The molecule has 2 aromatic rings. The van der Waals surface area contributed by atoms with Gasteiger partial charge >= 0.3 is 0 Å². The standard InChI is InChI=1S/C19H24N4O/c20-17-8-6-16(7-9-17)19(24)21-10-11-22-12-14-23(15-13-22)18-4-2-1-3-5-18/h1-9H,10-15,20H2,(H,21,24). The number of nitrogens with zero attached hydrogens (tertiary/aromatic N) is 2. The summed E-state index contributed by atoms with van der Waals surface area (Å²) in [6, 6.07) is 17.5. The Hall–Kier alpha value is -2.53. The van der Waals surface area contributed by atoms with Gasteiger partial charge in [-0.3, -0.25) is 9.69 Å². The summed E-state index contributed by atoms with van der Waals surface area (Å²) in [4.78, 5) is 16.9. The molecule has 1 heterocycles. The van der Waals surface area contributed by atoms with Gasteiger partial charge < -0.3 is 16.0 Å². The van der Waals surface area contributed by atoms with Gasteiger partial charge in [0.05, 0.1) is 0 Å². The molecule has 5 nitrogen and oxygen atoms in total. The molecular weight excluding hydrogens is 300 g/mol. The number of hydrogen-bond donors (Lipinski definition) is 2. The Kier molecular flexibility index (Phi) is 5.33. The Labute approximate surface area is 143 Å². The second kappa shape index (κ2) is 7.84. The number of anilines is 2. The van der Waals surface area contributed by atoms with Gasteiger partial charge in [-0.2, -0.15) is 0 Å². The van der Waals surface area contributed by atoms with Crippen molar-refractivity contribution in [1.29, 1.82) is 0 Å². The molecule has 0 aliphatic carbocycles. The van der Waals surface area contributed by atoms with E-state index in [9.17, 15) is 4.79 Å². The highest BCUT2D eigenvalue weighted by molar-refractivity contribution is 5.94. The van der Waals surface area contributed by atoms with Crippen LogP contribution in [0.15, 0.2) is 54.6 Å². The van der Waals surface area contributed by atoms with Crippen LogP contribution in [0.3, 0.4) is 0 Å². The molecule has 5 heteroatoms. The largest absolute Gasteiger partial charge is 0.399 e. The van der Waals surface area contributed by atoms with Crippen molar-refractivity contribution in [2.45, 2.75) is 0 Å². The van der Waals surface area contributed by atoms with Gasteiger partial charge in [0.15, 0.2) is 0 Å². The fourth-order valence-corrected chi connectivity index (χ4v) is 2.93. The lowest BCUT2D eigenvalue weighted by Crippen LogP contribution is -2.48. The average molecular weight is 324 g/mol. The van der Waals surface area contributed by atoms with Gasteiger partial charge in [0.25, 0.3) is 5.91 Å². The van der Waals surface area contributed by atoms with Crippen molar-refractivity contribution in [2.24, 2.45) is 0 Å². The third-order valence-corrected chi connectivity index (χ3v) is 4.38. The predicted octanol–water partition coefficient (Wildman–Crippen LogP) is 1.82. The molecule has 3 N–H and O–H groups in total. The molecular formula is C19H24N4O. The topological polar surface area (TPSA) is 61.6 Å². The highest BCUT2D eigenvalue weighted by Gasteiger charge is 2.16. The molecule has 3 rings (SSSR count). The number of benzene rings is 2. The van der Waals surface area contributed by atoms with Gasteiger partial charge in [-0.25, -0.2) is 0 Å². The minimum atomic E-state index is -0.0436. The zero-order valence-corrected chi connectivity index (χ0v) is 13.8. The molecule has 0 saturated carbocycles. The monoisotopic (exact) mass is 324 g/mol. The third kappa shape index (κ3) is 4.26. The smallest absolute Gasteiger partial charge is 0.251 e. The number of amides is 1. The molecule has 1 aliphatic heterocycles. The van der Waals surface area contributed by atoms with Gasteiger partial charge in [-0.05, 0) is 36.4 Å². The molecule has 0 spiro atoms. The number of nitrogens with one attached hydrogen (secondary N) is 1. The number of para-hydroxylation sites is 1. The van der Waals surface area contributed by atoms with Gasteiger partial charge in [0.2, 0.25) is 0 Å². The van der Waals surface area contributed by atoms with Crippen molar-refractivity contribution < 1.29 is 4.79 Å². The first-order valence-corrected chi connectivity index (χ1v) is 8.38. The van der Waals surface area contributed by atoms with Crippen LogP contribution in [0.2, 0.25) is 0 Å². The number of carbonyl (C=O) groups excluding carboxylic acids is 1. The number of hydrogen-bond acceptors (Lipinski definition) is 4. The van der Waals surface area contributed by atoms with E-state index in [1.165, 1.54) is 5.69 Å². The lowest BCUT2D eigenvalue weighted by atomic mass is 10.2. The molecule has 0 radical (unpaired) electrons. The summed E-state index contributed by atoms with van der Waals surface area (Å²) in [6.45, 7) is 5.63. The van der Waals surface area contributed by atoms with Gasteiger partial charge in [-0.15, -0.1) is 0 Å². The fourth-order valence-electron chi connectivity index (χ4n) is 2.93. The number of piperazine rings is 1. The van der Waals surface area contributed by atoms with Crippen LogP contribution in [0.25, 0.3) is 0 Å². The molecule has 1 aliphatic rings. The van der Waals surface area contributed by atoms with E-state index >= 15 is 0 Å². The highest BCUT2D eigenvalue weighted by atomic mass is 16.1. The SMILES string of the molecule is Nc1ccc(C(=O)NCCN2CCN(c3ccccc3)CC2)cc1. The molecule has 1 fully saturated rings. The molecule has 1 amide bonds. The fraction of sp³-hybridized carbons (Fsp3) is 0.316. The molecule has 0 bridgehead atoms. The lowest BCUT2D eigenvalue weighted by molar-refractivity contribution is 0.0948. The highest BCUT2D eigenvalue weighted by Crippen LogP contribution is 2.15. The van der Waals surface area contributed by atoms with Crippen LogP contribution in [-0.2, 0) is 0 Å². The number of nitrogen functional groups attached to an aromatic ring is 1. The molecule has 0 unspecified atom stereocenters. The van der Waals surface area contributed by atoms with E-state index in [4.69, 9.17) is 5.73 Å². The maximum atomic E-state index is 12.1. The normalized spacial score (nSPS) is 15.2. The minimum absolute atomic E-state index is 0.0436. The molecule has 0 aromatic heterocycles. The molecule has 24 heavy (non-hydrogen) atoms. The van der Waals surface area contributed by atoms with Crippen LogP contribution in [0.5, 0.6) is 0 Å². The summed E-state index contributed by atoms with van der Waals surface area (Å²) in [6.07, 6.45) is 0. The van der Waals surface area contributed by atoms with Crippen LogP contribution in [-0.4, -0.2) is 50.1 Å². The van der Waals surface area contributed by atoms with E-state index in [1.54, 1.807) is 24.3 Å². The minimum Gasteiger partial charge on any atom is -0.399 e. The Bertz CT molecular complexity index is 649. The van der Waals surface area contributed by atoms with Crippen molar-refractivity contribution in [3.63, 3.8) is 0 Å². The zero-order valence-electron chi connectivity index (χ0n) is 13.8. The van der Waals surface area contributed by atoms with Crippen molar-refractivity contribution in [2.75, 3.05) is 49.9 Å². The van der Waals surface area contributed by atoms with E-state index in [0.29, 0.717) is 17.8 Å². The number of carbonyl (C=O) groups is 1. The van der Waals surface area contributed by atoms with Crippen molar-refractivity contribution in [1.82, 2.24) is 10.2 Å². The quantitative estimate of drug-likeness (QED) is 0.824. The Morgan fingerprint density at radius 3 is 2.29 bits per heavy atom. The summed E-state index contributed by atoms with van der Waals surface area (Å²) in [5.41, 5.74) is 8.24. The van der Waals surface area contributed by atoms with E-state index in [1.807, 2.05) is 6.07 Å². The Morgan fingerprint density at radius 1 is 0.958 bits per heavy atom. The maximum absolute atomic E-state index is 12.1. The predicted molar refractivity (Wildman–Crippen MR) is 98.3 cm³/mol. The summed E-state index contributed by atoms with van der Waals surface area (Å²) in [7, 11) is 0. The van der Waals surface area contributed by atoms with Crippen molar-refractivity contribution in [3.8, 4) is 0 Å². The first-order valence-electron chi connectivity index (χ1n) is 8.38. The molecule has 126 valence electrons. The first kappa shape index (κ1) is 16.3. The third-order valence-electron chi connectivity index (χ3n) is 4.38. The second-order valence-corrected chi connectivity index (χ2v) is 6.04. The van der Waals surface area contributed by atoms with Crippen molar-refractivity contribution >= 4 is 17.3 Å². The Balaban J connectivity index is 1.39. The molecule has 0 atom stereocenters. The molecule has 1 saturated heterocycles. The van der Waals surface area contributed by atoms with Crippen LogP contribution >= 0.6 is 0 Å². The zero-order chi connectivity index (χ0) is 16.8. The van der Waals surface area contributed by atoms with Gasteiger partial charge in [0, 0.05) is 56.2 Å². The van der Waals surface area contributed by atoms with Crippen LogP contribution in [0.4, 0.5) is 11.4 Å². The maximum Gasteiger partial charge on any atom is 0.251 e. The lowest BCUT2D eigenvalue weighted by Gasteiger charge is -2.36. The van der Waals surface area contributed by atoms with E-state index < -0.39 is 0 Å². The van der Waals surface area contributed by atoms with E-state index in [2.05, 4.69) is 39.4 Å².